The fraction of sp³-hybridized carbons (Fsp3) is 0.692. The summed E-state index contributed by atoms with van der Waals surface area (Å²) >= 11 is 3.61. The lowest BCUT2D eigenvalue weighted by Gasteiger charge is -2.16. The van der Waals surface area contributed by atoms with Crippen molar-refractivity contribution in [2.45, 2.75) is 33.4 Å². The van der Waals surface area contributed by atoms with E-state index in [9.17, 15) is 4.79 Å². The van der Waals surface area contributed by atoms with Gasteiger partial charge in [-0.3, -0.25) is 14.4 Å². The van der Waals surface area contributed by atoms with Gasteiger partial charge in [0, 0.05) is 19.6 Å². The Morgan fingerprint density at radius 1 is 1.58 bits per heavy atom. The third-order valence-electron chi connectivity index (χ3n) is 3.63. The van der Waals surface area contributed by atoms with Crippen molar-refractivity contribution in [2.75, 3.05) is 20.2 Å². The molecule has 1 saturated heterocycles. The minimum absolute atomic E-state index is 0.0165. The van der Waals surface area contributed by atoms with Crippen LogP contribution >= 0.6 is 15.9 Å². The maximum atomic E-state index is 11.5. The molecule has 0 amide bonds. The zero-order valence-electron chi connectivity index (χ0n) is 11.6. The number of ether oxygens (including phenoxy) is 1. The molecule has 0 aliphatic carbocycles. The quantitative estimate of drug-likeness (QED) is 0.792. The van der Waals surface area contributed by atoms with Crippen molar-refractivity contribution in [3.63, 3.8) is 0 Å². The van der Waals surface area contributed by atoms with Gasteiger partial charge in [0.2, 0.25) is 0 Å². The van der Waals surface area contributed by atoms with Gasteiger partial charge in [0.05, 0.1) is 28.9 Å². The van der Waals surface area contributed by atoms with Crippen molar-refractivity contribution in [2.24, 2.45) is 5.92 Å². The van der Waals surface area contributed by atoms with Crippen molar-refractivity contribution < 1.29 is 9.53 Å². The van der Waals surface area contributed by atoms with Gasteiger partial charge < -0.3 is 4.74 Å². The van der Waals surface area contributed by atoms with Crippen LogP contribution in [0.2, 0.25) is 0 Å². The summed E-state index contributed by atoms with van der Waals surface area (Å²) in [4.78, 5) is 13.8. The number of nitrogens with zero attached hydrogens (tertiary/aromatic N) is 3. The molecule has 0 N–H and O–H groups in total. The second-order valence-electron chi connectivity index (χ2n) is 4.91. The van der Waals surface area contributed by atoms with Gasteiger partial charge in [0.25, 0.3) is 0 Å². The maximum Gasteiger partial charge on any atom is 0.310 e. The Kier molecular flexibility index (Phi) is 4.62. The second kappa shape index (κ2) is 6.05. The average molecular weight is 330 g/mol. The Hall–Kier alpha value is -0.880. The van der Waals surface area contributed by atoms with E-state index >= 15 is 0 Å². The highest BCUT2D eigenvalue weighted by Crippen LogP contribution is 2.25. The summed E-state index contributed by atoms with van der Waals surface area (Å²) in [6.07, 6.45) is 0.879. The van der Waals surface area contributed by atoms with Crippen LogP contribution < -0.4 is 0 Å². The lowest BCUT2D eigenvalue weighted by atomic mass is 10.1. The molecule has 1 aliphatic rings. The summed E-state index contributed by atoms with van der Waals surface area (Å²) in [5.41, 5.74) is 2.20. The van der Waals surface area contributed by atoms with E-state index in [4.69, 9.17) is 4.74 Å². The first-order valence-electron chi connectivity index (χ1n) is 6.58. The number of aromatic nitrogens is 2. The Labute approximate surface area is 122 Å². The lowest BCUT2D eigenvalue weighted by Crippen LogP contribution is -2.25. The van der Waals surface area contributed by atoms with Gasteiger partial charge in [-0.25, -0.2) is 0 Å². The molecule has 1 atom stereocenters. The molecule has 0 saturated carbocycles. The van der Waals surface area contributed by atoms with Crippen LogP contribution in [0.15, 0.2) is 4.47 Å². The summed E-state index contributed by atoms with van der Waals surface area (Å²) in [5.74, 6) is -0.0791. The Morgan fingerprint density at radius 3 is 2.95 bits per heavy atom. The standard InChI is InChI=1S/C13H20BrN3O2/c1-4-17-11(12(14)9(2)15-17)8-16-6-5-10(7-16)13(18)19-3/h10H,4-8H2,1-3H3. The maximum absolute atomic E-state index is 11.5. The number of hydrogen-bond donors (Lipinski definition) is 0. The van der Waals surface area contributed by atoms with E-state index in [0.29, 0.717) is 0 Å². The summed E-state index contributed by atoms with van der Waals surface area (Å²) in [5, 5.41) is 4.49. The van der Waals surface area contributed by atoms with E-state index in [1.807, 2.05) is 11.6 Å². The van der Waals surface area contributed by atoms with Gasteiger partial charge in [-0.15, -0.1) is 0 Å². The second-order valence-corrected chi connectivity index (χ2v) is 5.70. The van der Waals surface area contributed by atoms with E-state index in [1.54, 1.807) is 0 Å². The highest BCUT2D eigenvalue weighted by molar-refractivity contribution is 9.10. The van der Waals surface area contributed by atoms with Crippen molar-refractivity contribution in [1.29, 1.82) is 0 Å². The van der Waals surface area contributed by atoms with Gasteiger partial charge in [0.15, 0.2) is 0 Å². The monoisotopic (exact) mass is 329 g/mol. The van der Waals surface area contributed by atoms with Crippen molar-refractivity contribution >= 4 is 21.9 Å². The highest BCUT2D eigenvalue weighted by atomic mass is 79.9. The van der Waals surface area contributed by atoms with Crippen LogP contribution in [0.5, 0.6) is 0 Å². The number of carbonyl (C=O) groups excluding carboxylic acids is 1. The van der Waals surface area contributed by atoms with Crippen LogP contribution in [0.4, 0.5) is 0 Å². The van der Waals surface area contributed by atoms with Crippen molar-refractivity contribution in [1.82, 2.24) is 14.7 Å². The molecule has 2 rings (SSSR count). The normalized spacial score (nSPS) is 19.9. The molecule has 106 valence electrons. The van der Waals surface area contributed by atoms with Crippen LogP contribution in [0.25, 0.3) is 0 Å². The van der Waals surface area contributed by atoms with E-state index in [-0.39, 0.29) is 11.9 Å². The third kappa shape index (κ3) is 3.00. The number of halogens is 1. The zero-order valence-corrected chi connectivity index (χ0v) is 13.2. The van der Waals surface area contributed by atoms with E-state index < -0.39 is 0 Å². The smallest absolute Gasteiger partial charge is 0.310 e. The van der Waals surface area contributed by atoms with Gasteiger partial charge in [-0.2, -0.15) is 5.10 Å². The molecule has 1 unspecified atom stereocenters. The number of rotatable bonds is 4. The van der Waals surface area contributed by atoms with Crippen LogP contribution in [-0.4, -0.2) is 40.8 Å². The molecular formula is C13H20BrN3O2. The van der Waals surface area contributed by atoms with Crippen molar-refractivity contribution in [3.8, 4) is 0 Å². The predicted octanol–water partition coefficient (Wildman–Crippen LogP) is 1.97. The number of hydrogen-bond acceptors (Lipinski definition) is 4. The van der Waals surface area contributed by atoms with E-state index in [2.05, 4.69) is 32.9 Å². The van der Waals surface area contributed by atoms with Gasteiger partial charge in [0.1, 0.15) is 0 Å². The molecule has 5 nitrogen and oxygen atoms in total. The van der Waals surface area contributed by atoms with Gasteiger partial charge in [-0.05, 0) is 42.7 Å². The molecule has 1 fully saturated rings. The first-order valence-corrected chi connectivity index (χ1v) is 7.38. The largest absolute Gasteiger partial charge is 0.469 e. The molecule has 19 heavy (non-hydrogen) atoms. The van der Waals surface area contributed by atoms with Crippen LogP contribution in [-0.2, 0) is 22.6 Å². The molecule has 1 aromatic heterocycles. The van der Waals surface area contributed by atoms with E-state index in [1.165, 1.54) is 12.8 Å². The minimum atomic E-state index is -0.0956. The van der Waals surface area contributed by atoms with Gasteiger partial charge in [-0.1, -0.05) is 0 Å². The Bertz CT molecular complexity index is 473. The summed E-state index contributed by atoms with van der Waals surface area (Å²) in [6.45, 7) is 7.47. The number of esters is 1. The average Bonchev–Trinajstić information content (AvgIpc) is 2.98. The fourth-order valence-corrected chi connectivity index (χ4v) is 2.98. The van der Waals surface area contributed by atoms with E-state index in [0.717, 1.165) is 42.8 Å². The Balaban J connectivity index is 2.05. The SMILES string of the molecule is CCn1nc(C)c(Br)c1CN1CCC(C(=O)OC)C1. The Morgan fingerprint density at radius 2 is 2.32 bits per heavy atom. The zero-order chi connectivity index (χ0) is 14.0. The molecule has 1 aliphatic heterocycles. The molecule has 2 heterocycles. The molecular weight excluding hydrogens is 310 g/mol. The molecule has 0 spiro atoms. The highest BCUT2D eigenvalue weighted by Gasteiger charge is 2.30. The molecule has 1 aromatic rings. The van der Waals surface area contributed by atoms with Crippen LogP contribution in [0.3, 0.4) is 0 Å². The molecule has 0 aromatic carbocycles. The number of methoxy groups -OCH3 is 1. The van der Waals surface area contributed by atoms with Crippen molar-refractivity contribution in [3.05, 3.63) is 15.9 Å². The summed E-state index contributed by atoms with van der Waals surface area (Å²) < 4.78 is 7.91. The minimum Gasteiger partial charge on any atom is -0.469 e. The number of aryl methyl sites for hydroxylation is 2. The molecule has 6 heteroatoms. The lowest BCUT2D eigenvalue weighted by molar-refractivity contribution is -0.144. The molecule has 0 bridgehead atoms. The summed E-state index contributed by atoms with van der Waals surface area (Å²) in [7, 11) is 1.46. The first kappa shape index (κ1) is 14.5. The van der Waals surface area contributed by atoms with Crippen LogP contribution in [0, 0.1) is 12.8 Å². The third-order valence-corrected chi connectivity index (χ3v) is 4.66. The van der Waals surface area contributed by atoms with Crippen LogP contribution in [0.1, 0.15) is 24.7 Å². The summed E-state index contributed by atoms with van der Waals surface area (Å²) in [6, 6.07) is 0. The number of carbonyl (C=O) groups is 1. The number of likely N-dealkylation sites (tertiary alicyclic amines) is 1. The first-order chi connectivity index (χ1) is 9.06. The topological polar surface area (TPSA) is 47.4 Å². The fourth-order valence-electron chi connectivity index (χ4n) is 2.57. The molecule has 0 radical (unpaired) electrons. The predicted molar refractivity (Wildman–Crippen MR) is 75.7 cm³/mol. The van der Waals surface area contributed by atoms with Gasteiger partial charge >= 0.3 is 5.97 Å².